The fourth-order valence-corrected chi connectivity index (χ4v) is 6.86. The maximum Gasteiger partial charge on any atom is 0.354 e. The number of fused-ring (bicyclic) bond motifs is 2. The number of rotatable bonds is 10. The number of nitrogens with one attached hydrogen (secondary N) is 1. The van der Waals surface area contributed by atoms with Crippen molar-refractivity contribution in [2.24, 2.45) is 0 Å². The van der Waals surface area contributed by atoms with Gasteiger partial charge >= 0.3 is 7.60 Å². The number of nitrogens with zero attached hydrogens (tertiary/aromatic N) is 7. The molecule has 6 unspecified atom stereocenters. The van der Waals surface area contributed by atoms with Crippen molar-refractivity contribution in [1.29, 1.82) is 0 Å². The van der Waals surface area contributed by atoms with Gasteiger partial charge in [0.15, 0.2) is 47.7 Å². The Morgan fingerprint density at radius 2 is 1.76 bits per heavy atom. The van der Waals surface area contributed by atoms with Crippen molar-refractivity contribution in [3.63, 3.8) is 0 Å². The fourth-order valence-electron chi connectivity index (χ4n) is 5.00. The Bertz CT molecular complexity index is 1860. The minimum Gasteiger partial charge on any atom is -0.394 e. The van der Waals surface area contributed by atoms with Crippen molar-refractivity contribution in [2.75, 3.05) is 24.4 Å². The van der Waals surface area contributed by atoms with Crippen LogP contribution in [0.2, 0.25) is 0 Å². The van der Waals surface area contributed by atoms with Crippen LogP contribution in [-0.4, -0.2) is 109 Å². The van der Waals surface area contributed by atoms with Gasteiger partial charge in [0.1, 0.15) is 42.4 Å². The molecule has 9 N–H and O–H groups in total. The molecular formula is C20H26N10O12P2S. The molecule has 0 spiro atoms. The van der Waals surface area contributed by atoms with Crippen LogP contribution in [0, 0.1) is 0 Å². The van der Waals surface area contributed by atoms with Gasteiger partial charge in [0.2, 0.25) is 13.2 Å². The normalized spacial score (nSPS) is 30.7. The molecule has 2 saturated heterocycles. The number of aliphatic hydroxyl groups excluding tert-OH is 3. The van der Waals surface area contributed by atoms with Crippen LogP contribution in [0.3, 0.4) is 0 Å². The van der Waals surface area contributed by atoms with Crippen molar-refractivity contribution in [3.05, 3.63) is 29.3 Å². The highest BCUT2D eigenvalue weighted by Crippen LogP contribution is 2.50. The van der Waals surface area contributed by atoms with Gasteiger partial charge in [-0.3, -0.25) is 32.6 Å². The van der Waals surface area contributed by atoms with Crippen LogP contribution < -0.4 is 17.0 Å². The van der Waals surface area contributed by atoms with E-state index in [1.807, 2.05) is 0 Å². The monoisotopic (exact) mass is 692 g/mol. The van der Waals surface area contributed by atoms with E-state index in [-0.39, 0.29) is 34.1 Å². The molecule has 22 nitrogen and oxygen atoms in total. The van der Waals surface area contributed by atoms with Crippen LogP contribution in [0.25, 0.3) is 22.3 Å². The Kier molecular flexibility index (Phi) is 8.71. The second-order valence-electron chi connectivity index (χ2n) is 9.83. The molecule has 0 aromatic carbocycles. The molecule has 244 valence electrons. The van der Waals surface area contributed by atoms with Crippen molar-refractivity contribution < 1.29 is 52.6 Å². The first kappa shape index (κ1) is 31.9. The second-order valence-corrected chi connectivity index (χ2v) is 13.4. The SMILES string of the molecule is Nc1nc2c(ncn2[C@@H]2O[C@H](CO)C(O)C2OP(=O)(O)CO[C@H]2O[C@@H](n3cnc4c(N)ncnc43)C(O)C2O[PH](=O)S)c(=O)[nH]1. The van der Waals surface area contributed by atoms with Gasteiger partial charge < -0.3 is 50.4 Å². The predicted molar refractivity (Wildman–Crippen MR) is 153 cm³/mol. The number of hydrogen-bond donors (Lipinski definition) is 8. The number of nitrogens with two attached hydrogens (primary N) is 2. The summed E-state index contributed by atoms with van der Waals surface area (Å²) in [5.41, 5.74) is 10.9. The van der Waals surface area contributed by atoms with Crippen molar-refractivity contribution in [2.45, 2.75) is 49.3 Å². The number of nitrogen functional groups attached to an aromatic ring is 2. The molecule has 4 aromatic rings. The Morgan fingerprint density at radius 3 is 2.47 bits per heavy atom. The van der Waals surface area contributed by atoms with E-state index in [1.54, 1.807) is 0 Å². The number of hydrogen-bond acceptors (Lipinski definition) is 18. The molecule has 2 fully saturated rings. The average Bonchev–Trinajstić information content (AvgIpc) is 3.73. The van der Waals surface area contributed by atoms with Gasteiger partial charge in [-0.25, -0.2) is 19.9 Å². The zero-order valence-electron chi connectivity index (χ0n) is 22.5. The van der Waals surface area contributed by atoms with Crippen LogP contribution >= 0.6 is 27.1 Å². The number of aliphatic hydroxyl groups is 3. The molecule has 4 aromatic heterocycles. The van der Waals surface area contributed by atoms with Crippen LogP contribution in [0.5, 0.6) is 0 Å². The molecule has 0 bridgehead atoms. The third kappa shape index (κ3) is 5.98. The molecule has 0 radical (unpaired) electrons. The Morgan fingerprint density at radius 1 is 1.04 bits per heavy atom. The number of anilines is 2. The van der Waals surface area contributed by atoms with E-state index in [0.717, 1.165) is 17.2 Å². The van der Waals surface area contributed by atoms with Crippen molar-refractivity contribution >= 4 is 61.2 Å². The molecule has 25 heteroatoms. The molecule has 0 saturated carbocycles. The van der Waals surface area contributed by atoms with Crippen LogP contribution in [0.15, 0.2) is 23.8 Å². The number of aromatic nitrogens is 8. The van der Waals surface area contributed by atoms with Gasteiger partial charge in [0.25, 0.3) is 5.56 Å². The first-order valence-corrected chi connectivity index (χ1v) is 17.2. The summed E-state index contributed by atoms with van der Waals surface area (Å²) >= 11 is 3.75. The Labute approximate surface area is 255 Å². The van der Waals surface area contributed by atoms with Gasteiger partial charge in [-0.15, -0.1) is 0 Å². The lowest BCUT2D eigenvalue weighted by Crippen LogP contribution is -2.36. The summed E-state index contributed by atoms with van der Waals surface area (Å²) in [5, 5.41) is 31.5. The third-order valence-electron chi connectivity index (χ3n) is 6.97. The molecule has 2 aliphatic rings. The standard InChI is InChI=1S/C20H26N10O12P2S/c21-13-7-14(24-2-23-13)29(3-25-7)17-10(33)12(41-43(35)45)19(40-17)38-5-44(36,37)42-11-9(32)6(1-31)39-18(11)30-4-26-8-15(30)27-20(22)28-16(8)34/h2-4,6,9-12,17-19,31-33,43H,1,5H2,(H,35,45)(H,36,37)(H2,21,23,24)(H3,22,27,28,34)/t6-,9?,10?,11?,12?,17-,18-,19+/m1/s1. The lowest BCUT2D eigenvalue weighted by atomic mass is 10.1. The molecule has 0 amide bonds. The maximum atomic E-state index is 13.3. The van der Waals surface area contributed by atoms with Crippen molar-refractivity contribution in [1.82, 2.24) is 39.0 Å². The highest BCUT2D eigenvalue weighted by atomic mass is 32.7. The first-order valence-electron chi connectivity index (χ1n) is 12.8. The van der Waals surface area contributed by atoms with Gasteiger partial charge in [-0.05, 0) is 0 Å². The van der Waals surface area contributed by atoms with Gasteiger partial charge in [-0.2, -0.15) is 4.98 Å². The number of ether oxygens (including phenoxy) is 3. The van der Waals surface area contributed by atoms with E-state index < -0.39 is 82.6 Å². The van der Waals surface area contributed by atoms with E-state index in [2.05, 4.69) is 42.2 Å². The number of imidazole rings is 2. The lowest BCUT2D eigenvalue weighted by Gasteiger charge is -2.25. The minimum atomic E-state index is -4.85. The van der Waals surface area contributed by atoms with E-state index in [0.29, 0.717) is 0 Å². The molecule has 10 atom stereocenters. The first-order chi connectivity index (χ1) is 21.4. The number of aromatic amines is 1. The third-order valence-corrected chi connectivity index (χ3v) is 8.81. The quantitative estimate of drug-likeness (QED) is 0.0648. The summed E-state index contributed by atoms with van der Waals surface area (Å²) in [6.07, 6.45) is -9.49. The largest absolute Gasteiger partial charge is 0.394 e. The fraction of sp³-hybridized carbons (Fsp3) is 0.500. The maximum absolute atomic E-state index is 13.3. The molecule has 45 heavy (non-hydrogen) atoms. The highest BCUT2D eigenvalue weighted by Gasteiger charge is 2.51. The van der Waals surface area contributed by atoms with Crippen LogP contribution in [-0.2, 0) is 32.4 Å². The van der Waals surface area contributed by atoms with Gasteiger partial charge in [0, 0.05) is 0 Å². The smallest absolute Gasteiger partial charge is 0.354 e. The summed E-state index contributed by atoms with van der Waals surface area (Å²) in [5.74, 6) is -0.206. The lowest BCUT2D eigenvalue weighted by molar-refractivity contribution is -0.164. The Balaban J connectivity index is 1.22. The number of H-pyrrole nitrogens is 1. The topological polar surface area (TPSA) is 320 Å². The van der Waals surface area contributed by atoms with E-state index in [1.165, 1.54) is 10.9 Å². The zero-order chi connectivity index (χ0) is 32.2. The number of thiol groups is 1. The predicted octanol–water partition coefficient (Wildman–Crippen LogP) is -2.16. The van der Waals surface area contributed by atoms with E-state index >= 15 is 0 Å². The van der Waals surface area contributed by atoms with Gasteiger partial charge in [-0.1, -0.05) is 12.2 Å². The summed E-state index contributed by atoms with van der Waals surface area (Å²) in [6.45, 7) is -0.705. The zero-order valence-corrected chi connectivity index (χ0v) is 25.3. The summed E-state index contributed by atoms with van der Waals surface area (Å²) in [6, 6.07) is 0. The summed E-state index contributed by atoms with van der Waals surface area (Å²) in [4.78, 5) is 45.3. The Hall–Kier alpha value is -3.05. The minimum absolute atomic E-state index is 0.0557. The van der Waals surface area contributed by atoms with E-state index in [9.17, 15) is 34.1 Å². The summed E-state index contributed by atoms with van der Waals surface area (Å²) < 4.78 is 55.1. The highest BCUT2D eigenvalue weighted by molar-refractivity contribution is 8.39. The van der Waals surface area contributed by atoms with Crippen molar-refractivity contribution in [3.8, 4) is 0 Å². The van der Waals surface area contributed by atoms with Crippen LogP contribution in [0.1, 0.15) is 12.5 Å². The van der Waals surface area contributed by atoms with E-state index in [4.69, 9.17) is 34.7 Å². The second kappa shape index (κ2) is 12.3. The van der Waals surface area contributed by atoms with Gasteiger partial charge in [0.05, 0.1) is 19.3 Å². The average molecular weight is 693 g/mol. The molecule has 2 aliphatic heterocycles. The molecule has 6 rings (SSSR count). The molecular weight excluding hydrogens is 666 g/mol. The molecule has 6 heterocycles. The van der Waals surface area contributed by atoms with Crippen LogP contribution in [0.4, 0.5) is 11.8 Å². The molecule has 0 aliphatic carbocycles. The summed E-state index contributed by atoms with van der Waals surface area (Å²) in [7, 11) is -7.84.